The highest BCUT2D eigenvalue weighted by Gasteiger charge is 2.08. The van der Waals surface area contributed by atoms with Crippen molar-refractivity contribution in [3.63, 3.8) is 0 Å². The van der Waals surface area contributed by atoms with Gasteiger partial charge in [-0.15, -0.1) is 5.10 Å². The summed E-state index contributed by atoms with van der Waals surface area (Å²) in [5.41, 5.74) is 6.74. The molecule has 0 saturated heterocycles. The lowest BCUT2D eigenvalue weighted by atomic mass is 10.1. The van der Waals surface area contributed by atoms with Crippen molar-refractivity contribution in [2.45, 2.75) is 34.6 Å². The lowest BCUT2D eigenvalue weighted by Crippen LogP contribution is -2.21. The first-order valence-corrected chi connectivity index (χ1v) is 9.66. The number of anilines is 5. The number of aryl methyl sites for hydroxylation is 3. The average molecular weight is 377 g/mol. The van der Waals surface area contributed by atoms with Crippen molar-refractivity contribution in [3.8, 4) is 0 Å². The van der Waals surface area contributed by atoms with Gasteiger partial charge in [0, 0.05) is 30.2 Å². The van der Waals surface area contributed by atoms with Gasteiger partial charge in [0.1, 0.15) is 0 Å². The van der Waals surface area contributed by atoms with Gasteiger partial charge in [0.25, 0.3) is 0 Å². The Morgan fingerprint density at radius 3 is 2.21 bits per heavy atom. The summed E-state index contributed by atoms with van der Waals surface area (Å²) >= 11 is 0. The molecular weight excluding hydrogens is 348 g/mol. The molecule has 0 saturated carbocycles. The molecule has 6 nitrogen and oxygen atoms in total. The number of nitrogens with zero attached hydrogens (tertiary/aromatic N) is 4. The molecule has 0 aliphatic carbocycles. The molecule has 28 heavy (non-hydrogen) atoms. The Morgan fingerprint density at radius 1 is 0.857 bits per heavy atom. The second-order valence-corrected chi connectivity index (χ2v) is 6.91. The highest BCUT2D eigenvalue weighted by molar-refractivity contribution is 5.66. The van der Waals surface area contributed by atoms with Gasteiger partial charge >= 0.3 is 0 Å². The van der Waals surface area contributed by atoms with E-state index in [1.807, 2.05) is 6.07 Å². The Morgan fingerprint density at radius 2 is 1.54 bits per heavy atom. The van der Waals surface area contributed by atoms with Crippen molar-refractivity contribution < 1.29 is 0 Å². The molecule has 0 aliphatic rings. The molecule has 0 aliphatic heterocycles. The van der Waals surface area contributed by atoms with Crippen molar-refractivity contribution in [1.82, 2.24) is 15.2 Å². The van der Waals surface area contributed by atoms with Crippen molar-refractivity contribution in [2.75, 3.05) is 28.6 Å². The third-order valence-corrected chi connectivity index (χ3v) is 4.79. The molecule has 3 aromatic rings. The van der Waals surface area contributed by atoms with Crippen LogP contribution in [-0.2, 0) is 0 Å². The smallest absolute Gasteiger partial charge is 0.249 e. The first kappa shape index (κ1) is 19.6. The fraction of sp³-hybridized carbons (Fsp3) is 0.318. The van der Waals surface area contributed by atoms with E-state index < -0.39 is 0 Å². The van der Waals surface area contributed by atoms with E-state index in [-0.39, 0.29) is 0 Å². The van der Waals surface area contributed by atoms with Gasteiger partial charge in [0.2, 0.25) is 5.95 Å². The standard InChI is InChI=1S/C22H28N6/c1-6-28(7-2)18-9-11-19(17(5)13-18)24-21-14-23-27-22(26-21)25-20-10-8-15(3)12-16(20)4/h8-14H,6-7H2,1-5H3,(H2,24,25,26,27). The lowest BCUT2D eigenvalue weighted by Gasteiger charge is -2.22. The first-order chi connectivity index (χ1) is 13.5. The molecule has 0 spiro atoms. The van der Waals surface area contributed by atoms with Gasteiger partial charge in [-0.1, -0.05) is 17.7 Å². The zero-order valence-corrected chi connectivity index (χ0v) is 17.2. The molecule has 1 aromatic heterocycles. The van der Waals surface area contributed by atoms with Crippen LogP contribution in [0.25, 0.3) is 0 Å². The van der Waals surface area contributed by atoms with Crippen molar-refractivity contribution in [2.24, 2.45) is 0 Å². The molecule has 0 radical (unpaired) electrons. The predicted molar refractivity (Wildman–Crippen MR) is 117 cm³/mol. The van der Waals surface area contributed by atoms with E-state index in [2.05, 4.69) is 95.7 Å². The molecular formula is C22H28N6. The first-order valence-electron chi connectivity index (χ1n) is 9.66. The van der Waals surface area contributed by atoms with Crippen LogP contribution in [0.2, 0.25) is 0 Å². The van der Waals surface area contributed by atoms with Crippen LogP contribution in [0.5, 0.6) is 0 Å². The molecule has 0 amide bonds. The van der Waals surface area contributed by atoms with Crippen molar-refractivity contribution >= 4 is 28.8 Å². The predicted octanol–water partition coefficient (Wildman–Crippen LogP) is 5.13. The van der Waals surface area contributed by atoms with E-state index in [0.717, 1.165) is 35.6 Å². The number of hydrogen-bond acceptors (Lipinski definition) is 6. The summed E-state index contributed by atoms with van der Waals surface area (Å²) in [5.74, 6) is 1.12. The highest BCUT2D eigenvalue weighted by atomic mass is 15.3. The maximum Gasteiger partial charge on any atom is 0.249 e. The Bertz CT molecular complexity index is 950. The fourth-order valence-corrected chi connectivity index (χ4v) is 3.20. The Hall–Kier alpha value is -3.15. The minimum absolute atomic E-state index is 0.467. The van der Waals surface area contributed by atoms with Crippen LogP contribution in [-0.4, -0.2) is 28.3 Å². The summed E-state index contributed by atoms with van der Waals surface area (Å²) in [5, 5.41) is 14.8. The maximum absolute atomic E-state index is 4.55. The molecule has 6 heteroatoms. The third kappa shape index (κ3) is 4.57. The zero-order chi connectivity index (χ0) is 20.1. The summed E-state index contributed by atoms with van der Waals surface area (Å²) in [6.07, 6.45) is 1.63. The molecule has 0 fully saturated rings. The van der Waals surface area contributed by atoms with Gasteiger partial charge in [0.05, 0.1) is 6.20 Å². The quantitative estimate of drug-likeness (QED) is 0.596. The Kier molecular flexibility index (Phi) is 6.09. The van der Waals surface area contributed by atoms with Crippen LogP contribution in [0, 0.1) is 20.8 Å². The minimum Gasteiger partial charge on any atom is -0.372 e. The van der Waals surface area contributed by atoms with Gasteiger partial charge in [-0.2, -0.15) is 10.1 Å². The van der Waals surface area contributed by atoms with Crippen LogP contribution in [0.4, 0.5) is 28.8 Å². The van der Waals surface area contributed by atoms with Gasteiger partial charge in [-0.3, -0.25) is 0 Å². The monoisotopic (exact) mass is 376 g/mol. The minimum atomic E-state index is 0.467. The molecule has 146 valence electrons. The Labute approximate surface area is 167 Å². The molecule has 1 heterocycles. The van der Waals surface area contributed by atoms with Crippen LogP contribution >= 0.6 is 0 Å². The van der Waals surface area contributed by atoms with Crippen LogP contribution in [0.3, 0.4) is 0 Å². The van der Waals surface area contributed by atoms with Gasteiger partial charge < -0.3 is 15.5 Å². The number of rotatable bonds is 7. The Balaban J connectivity index is 1.77. The molecule has 0 unspecified atom stereocenters. The van der Waals surface area contributed by atoms with Crippen LogP contribution in [0.15, 0.2) is 42.6 Å². The highest BCUT2D eigenvalue weighted by Crippen LogP contribution is 2.25. The summed E-state index contributed by atoms with van der Waals surface area (Å²) in [6, 6.07) is 12.6. The van der Waals surface area contributed by atoms with Gasteiger partial charge in [0.15, 0.2) is 5.82 Å². The van der Waals surface area contributed by atoms with Gasteiger partial charge in [-0.25, -0.2) is 0 Å². The maximum atomic E-state index is 4.55. The lowest BCUT2D eigenvalue weighted by molar-refractivity contribution is 0.866. The molecule has 0 atom stereocenters. The summed E-state index contributed by atoms with van der Waals surface area (Å²) < 4.78 is 0. The second kappa shape index (κ2) is 8.69. The zero-order valence-electron chi connectivity index (χ0n) is 17.2. The van der Waals surface area contributed by atoms with Crippen molar-refractivity contribution in [3.05, 3.63) is 59.3 Å². The largest absolute Gasteiger partial charge is 0.372 e. The SMILES string of the molecule is CCN(CC)c1ccc(Nc2cnnc(Nc3ccc(C)cc3C)n2)c(C)c1. The topological polar surface area (TPSA) is 66.0 Å². The summed E-state index contributed by atoms with van der Waals surface area (Å²) in [7, 11) is 0. The third-order valence-electron chi connectivity index (χ3n) is 4.79. The number of nitrogens with one attached hydrogen (secondary N) is 2. The van der Waals surface area contributed by atoms with E-state index in [0.29, 0.717) is 11.8 Å². The average Bonchev–Trinajstić information content (AvgIpc) is 2.67. The number of aromatic nitrogens is 3. The van der Waals surface area contributed by atoms with E-state index in [1.165, 1.54) is 11.3 Å². The fourth-order valence-electron chi connectivity index (χ4n) is 3.20. The molecule has 2 N–H and O–H groups in total. The normalized spacial score (nSPS) is 10.6. The molecule has 0 bridgehead atoms. The summed E-state index contributed by atoms with van der Waals surface area (Å²) in [6.45, 7) is 12.6. The van der Waals surface area contributed by atoms with Crippen LogP contribution < -0.4 is 15.5 Å². The number of hydrogen-bond donors (Lipinski definition) is 2. The van der Waals surface area contributed by atoms with E-state index in [4.69, 9.17) is 0 Å². The molecule has 3 rings (SSSR count). The summed E-state index contributed by atoms with van der Waals surface area (Å²) in [4.78, 5) is 6.88. The van der Waals surface area contributed by atoms with Gasteiger partial charge in [-0.05, 0) is 70.0 Å². The molecule has 2 aromatic carbocycles. The van der Waals surface area contributed by atoms with Crippen molar-refractivity contribution in [1.29, 1.82) is 0 Å². The van der Waals surface area contributed by atoms with E-state index in [9.17, 15) is 0 Å². The van der Waals surface area contributed by atoms with E-state index >= 15 is 0 Å². The number of benzene rings is 2. The second-order valence-electron chi connectivity index (χ2n) is 6.91. The van der Waals surface area contributed by atoms with Crippen LogP contribution in [0.1, 0.15) is 30.5 Å². The van der Waals surface area contributed by atoms with E-state index in [1.54, 1.807) is 6.20 Å².